The van der Waals surface area contributed by atoms with E-state index in [1.807, 2.05) is 5.51 Å². The molecule has 1 heterocycles. The zero-order valence-corrected chi connectivity index (χ0v) is 12.7. The summed E-state index contributed by atoms with van der Waals surface area (Å²) in [6, 6.07) is 0. The van der Waals surface area contributed by atoms with Crippen LogP contribution in [-0.4, -0.2) is 4.98 Å². The van der Waals surface area contributed by atoms with Crippen LogP contribution in [0.25, 0.3) is 0 Å². The van der Waals surface area contributed by atoms with Gasteiger partial charge in [-0.1, -0.05) is 55.4 Å². The monoisotopic (exact) mass is 239 g/mol. The zero-order valence-electron chi connectivity index (χ0n) is 11.9. The Morgan fingerprint density at radius 2 is 1.44 bits per heavy atom. The number of hydrogen-bond donors (Lipinski definition) is 0. The molecule has 0 amide bonds. The summed E-state index contributed by atoms with van der Waals surface area (Å²) in [6.07, 6.45) is 0. The third-order valence-corrected chi connectivity index (χ3v) is 4.87. The second-order valence-corrected chi connectivity index (χ2v) is 8.01. The van der Waals surface area contributed by atoms with Crippen molar-refractivity contribution in [2.45, 2.75) is 66.2 Å². The van der Waals surface area contributed by atoms with Gasteiger partial charge in [0.1, 0.15) is 0 Å². The van der Waals surface area contributed by atoms with Gasteiger partial charge in [0, 0.05) is 15.7 Å². The first kappa shape index (κ1) is 13.7. The average Bonchev–Trinajstić information content (AvgIpc) is 2.47. The molecule has 1 nitrogen and oxygen atoms in total. The van der Waals surface area contributed by atoms with Gasteiger partial charge in [0.05, 0.1) is 11.2 Å². The first-order chi connectivity index (χ1) is 6.98. The third-order valence-electron chi connectivity index (χ3n) is 3.72. The van der Waals surface area contributed by atoms with E-state index in [1.54, 1.807) is 11.3 Å². The van der Waals surface area contributed by atoms with Crippen molar-refractivity contribution in [3.05, 3.63) is 16.1 Å². The van der Waals surface area contributed by atoms with E-state index in [4.69, 9.17) is 0 Å². The second kappa shape index (κ2) is 3.83. The average molecular weight is 239 g/mol. The van der Waals surface area contributed by atoms with Gasteiger partial charge in [0.2, 0.25) is 0 Å². The molecule has 0 saturated carbocycles. The summed E-state index contributed by atoms with van der Waals surface area (Å²) in [7, 11) is 0. The number of thiazole rings is 1. The van der Waals surface area contributed by atoms with E-state index in [0.29, 0.717) is 0 Å². The van der Waals surface area contributed by atoms with Crippen LogP contribution in [0.5, 0.6) is 0 Å². The van der Waals surface area contributed by atoms with Crippen LogP contribution in [0, 0.1) is 5.41 Å². The van der Waals surface area contributed by atoms with Gasteiger partial charge in [-0.3, -0.25) is 0 Å². The van der Waals surface area contributed by atoms with Crippen LogP contribution >= 0.6 is 11.3 Å². The van der Waals surface area contributed by atoms with E-state index in [-0.39, 0.29) is 16.2 Å². The highest BCUT2D eigenvalue weighted by molar-refractivity contribution is 7.10. The quantitative estimate of drug-likeness (QED) is 0.688. The van der Waals surface area contributed by atoms with Crippen molar-refractivity contribution in [1.29, 1.82) is 0 Å². The van der Waals surface area contributed by atoms with Gasteiger partial charge in [0.15, 0.2) is 0 Å². The van der Waals surface area contributed by atoms with Crippen molar-refractivity contribution in [3.63, 3.8) is 0 Å². The normalized spacial score (nSPS) is 14.2. The standard InChI is InChI=1S/C14H25NS/c1-12(2,3)10-11(16-9-15-10)14(7,8)13(4,5)6/h9H,1-8H3. The Kier molecular flexibility index (Phi) is 3.28. The Morgan fingerprint density at radius 3 is 1.81 bits per heavy atom. The Labute approximate surface area is 104 Å². The molecule has 1 aromatic rings. The largest absolute Gasteiger partial charge is 0.249 e. The summed E-state index contributed by atoms with van der Waals surface area (Å²) >= 11 is 1.80. The number of nitrogens with zero attached hydrogens (tertiary/aromatic N) is 1. The van der Waals surface area contributed by atoms with Gasteiger partial charge in [-0.05, 0) is 5.41 Å². The van der Waals surface area contributed by atoms with Gasteiger partial charge in [-0.15, -0.1) is 11.3 Å². The van der Waals surface area contributed by atoms with E-state index in [0.717, 1.165) is 0 Å². The van der Waals surface area contributed by atoms with E-state index in [2.05, 4.69) is 60.4 Å². The zero-order chi connectivity index (χ0) is 12.8. The Bertz CT molecular complexity index is 361. The molecule has 0 aromatic carbocycles. The van der Waals surface area contributed by atoms with Crippen LogP contribution in [0.2, 0.25) is 0 Å². The van der Waals surface area contributed by atoms with Gasteiger partial charge >= 0.3 is 0 Å². The Balaban J connectivity index is 3.31. The molecule has 0 atom stereocenters. The Morgan fingerprint density at radius 1 is 0.938 bits per heavy atom. The number of rotatable bonds is 1. The molecule has 0 unspecified atom stereocenters. The molecule has 1 rings (SSSR count). The van der Waals surface area contributed by atoms with Gasteiger partial charge in [-0.25, -0.2) is 4.98 Å². The second-order valence-electron chi connectivity index (χ2n) is 7.16. The van der Waals surface area contributed by atoms with Gasteiger partial charge in [0.25, 0.3) is 0 Å². The van der Waals surface area contributed by atoms with E-state index in [1.165, 1.54) is 10.6 Å². The Hall–Kier alpha value is -0.370. The van der Waals surface area contributed by atoms with E-state index < -0.39 is 0 Å². The maximum Gasteiger partial charge on any atom is 0.0798 e. The van der Waals surface area contributed by atoms with Crippen molar-refractivity contribution in [2.75, 3.05) is 0 Å². The summed E-state index contributed by atoms with van der Waals surface area (Å²) in [5, 5.41) is 0. The van der Waals surface area contributed by atoms with Gasteiger partial charge in [-0.2, -0.15) is 0 Å². The van der Waals surface area contributed by atoms with Crippen LogP contribution in [-0.2, 0) is 10.8 Å². The maximum atomic E-state index is 4.59. The molecule has 0 N–H and O–H groups in total. The van der Waals surface area contributed by atoms with Crippen LogP contribution < -0.4 is 0 Å². The minimum Gasteiger partial charge on any atom is -0.249 e. The fraction of sp³-hybridized carbons (Fsp3) is 0.786. The van der Waals surface area contributed by atoms with Crippen molar-refractivity contribution in [1.82, 2.24) is 4.98 Å². The molecule has 0 aliphatic rings. The highest BCUT2D eigenvalue weighted by Gasteiger charge is 2.39. The molecule has 0 bridgehead atoms. The fourth-order valence-electron chi connectivity index (χ4n) is 1.56. The minimum absolute atomic E-state index is 0.137. The van der Waals surface area contributed by atoms with E-state index in [9.17, 15) is 0 Å². The van der Waals surface area contributed by atoms with Crippen molar-refractivity contribution in [2.24, 2.45) is 5.41 Å². The highest BCUT2D eigenvalue weighted by Crippen LogP contribution is 2.46. The molecule has 0 fully saturated rings. The molecule has 0 spiro atoms. The molecule has 2 heteroatoms. The summed E-state index contributed by atoms with van der Waals surface area (Å²) in [6.45, 7) is 18.3. The lowest BCUT2D eigenvalue weighted by Crippen LogP contribution is -2.35. The van der Waals surface area contributed by atoms with Crippen LogP contribution in [0.15, 0.2) is 5.51 Å². The van der Waals surface area contributed by atoms with Crippen molar-refractivity contribution in [3.8, 4) is 0 Å². The predicted molar refractivity (Wildman–Crippen MR) is 73.3 cm³/mol. The van der Waals surface area contributed by atoms with Crippen LogP contribution in [0.4, 0.5) is 0 Å². The first-order valence-electron chi connectivity index (χ1n) is 5.92. The molecule has 0 aliphatic carbocycles. The topological polar surface area (TPSA) is 12.9 Å². The molecule has 0 aliphatic heterocycles. The summed E-state index contributed by atoms with van der Waals surface area (Å²) in [5.41, 5.74) is 3.80. The predicted octanol–water partition coefficient (Wildman–Crippen LogP) is 4.76. The lowest BCUT2D eigenvalue weighted by Gasteiger charge is -2.39. The van der Waals surface area contributed by atoms with Gasteiger partial charge < -0.3 is 0 Å². The molecule has 92 valence electrons. The molecule has 16 heavy (non-hydrogen) atoms. The number of hydrogen-bond acceptors (Lipinski definition) is 2. The summed E-state index contributed by atoms with van der Waals surface area (Å²) in [4.78, 5) is 6.02. The molecule has 0 saturated heterocycles. The summed E-state index contributed by atoms with van der Waals surface area (Å²) < 4.78 is 0. The lowest BCUT2D eigenvalue weighted by molar-refractivity contribution is 0.226. The molecular formula is C14H25NS. The smallest absolute Gasteiger partial charge is 0.0798 e. The van der Waals surface area contributed by atoms with Crippen molar-refractivity contribution < 1.29 is 0 Å². The molecule has 0 radical (unpaired) electrons. The SMILES string of the molecule is CC(C)(C)c1ncsc1C(C)(C)C(C)(C)C. The lowest BCUT2D eigenvalue weighted by atomic mass is 9.67. The molecular weight excluding hydrogens is 214 g/mol. The minimum atomic E-state index is 0.137. The maximum absolute atomic E-state index is 4.59. The number of aromatic nitrogens is 1. The molecule has 1 aromatic heterocycles. The first-order valence-corrected chi connectivity index (χ1v) is 6.80. The fourth-order valence-corrected chi connectivity index (χ4v) is 2.90. The summed E-state index contributed by atoms with van der Waals surface area (Å²) in [5.74, 6) is 0. The third kappa shape index (κ3) is 2.32. The highest BCUT2D eigenvalue weighted by atomic mass is 32.1. The van der Waals surface area contributed by atoms with E-state index >= 15 is 0 Å². The van der Waals surface area contributed by atoms with Crippen LogP contribution in [0.3, 0.4) is 0 Å². The van der Waals surface area contributed by atoms with Crippen LogP contribution in [0.1, 0.15) is 66.0 Å². The van der Waals surface area contributed by atoms with Crippen molar-refractivity contribution >= 4 is 11.3 Å².